The van der Waals surface area contributed by atoms with E-state index < -0.39 is 0 Å². The Labute approximate surface area is 105 Å². The van der Waals surface area contributed by atoms with Gasteiger partial charge in [-0.1, -0.05) is 34.1 Å². The van der Waals surface area contributed by atoms with Gasteiger partial charge in [-0.3, -0.25) is 10.1 Å². The Morgan fingerprint density at radius 2 is 1.82 bits per heavy atom. The molecule has 0 rings (SSSR count). The zero-order valence-corrected chi connectivity index (χ0v) is 11.9. The highest BCUT2D eigenvalue weighted by Crippen LogP contribution is 2.12. The van der Waals surface area contributed by atoms with Crippen molar-refractivity contribution in [2.45, 2.75) is 46.2 Å². The van der Waals surface area contributed by atoms with Gasteiger partial charge >= 0.3 is 5.97 Å². The molecule has 1 N–H and O–H groups in total. The van der Waals surface area contributed by atoms with Crippen molar-refractivity contribution in [2.75, 3.05) is 20.8 Å². The molecule has 0 fully saturated rings. The summed E-state index contributed by atoms with van der Waals surface area (Å²) in [4.78, 5) is 11.7. The second-order valence-electron chi connectivity index (χ2n) is 4.86. The van der Waals surface area contributed by atoms with Crippen LogP contribution in [0.5, 0.6) is 0 Å². The molecule has 0 amide bonds. The average molecular weight is 245 g/mol. The van der Waals surface area contributed by atoms with E-state index in [2.05, 4.69) is 33.0 Å². The second kappa shape index (κ2) is 8.48. The maximum absolute atomic E-state index is 11.7. The van der Waals surface area contributed by atoms with Crippen molar-refractivity contribution in [3.05, 3.63) is 0 Å². The molecule has 102 valence electrons. The molecule has 0 heterocycles. The van der Waals surface area contributed by atoms with E-state index in [1.807, 2.05) is 0 Å². The maximum atomic E-state index is 11.7. The van der Waals surface area contributed by atoms with E-state index in [1.54, 1.807) is 7.11 Å². The summed E-state index contributed by atoms with van der Waals surface area (Å²) in [6.45, 7) is 8.95. The first-order valence-corrected chi connectivity index (χ1v) is 6.30. The Morgan fingerprint density at radius 1 is 1.24 bits per heavy atom. The molecule has 0 radical (unpaired) electrons. The van der Waals surface area contributed by atoms with E-state index in [0.29, 0.717) is 12.5 Å². The molecule has 0 aromatic carbocycles. The number of rotatable bonds is 8. The Balaban J connectivity index is 4.63. The molecule has 4 nitrogen and oxygen atoms in total. The zero-order chi connectivity index (χ0) is 13.4. The molecule has 0 saturated carbocycles. The molecule has 0 bridgehead atoms. The highest BCUT2D eigenvalue weighted by atomic mass is 16.5. The first-order chi connectivity index (χ1) is 7.97. The Morgan fingerprint density at radius 3 is 2.18 bits per heavy atom. The number of hydrogen-bond acceptors (Lipinski definition) is 4. The lowest BCUT2D eigenvalue weighted by molar-refractivity contribution is -0.145. The number of hydrogen-bond donors (Lipinski definition) is 1. The van der Waals surface area contributed by atoms with Crippen molar-refractivity contribution in [3.63, 3.8) is 0 Å². The van der Waals surface area contributed by atoms with Crippen LogP contribution in [0.3, 0.4) is 0 Å². The second-order valence-corrected chi connectivity index (χ2v) is 4.86. The van der Waals surface area contributed by atoms with Crippen molar-refractivity contribution in [3.8, 4) is 0 Å². The molecule has 0 aliphatic heterocycles. The van der Waals surface area contributed by atoms with Crippen molar-refractivity contribution < 1.29 is 14.3 Å². The summed E-state index contributed by atoms with van der Waals surface area (Å²) in [7, 11) is 3.10. The summed E-state index contributed by atoms with van der Waals surface area (Å²) in [5.41, 5.74) is 0. The molecule has 0 spiro atoms. The van der Waals surface area contributed by atoms with Gasteiger partial charge in [0.15, 0.2) is 0 Å². The van der Waals surface area contributed by atoms with Crippen LogP contribution < -0.4 is 5.32 Å². The van der Waals surface area contributed by atoms with Crippen molar-refractivity contribution >= 4 is 5.97 Å². The largest absolute Gasteiger partial charge is 0.468 e. The Kier molecular flexibility index (Phi) is 8.17. The molecule has 0 saturated heterocycles. The highest BCUT2D eigenvalue weighted by Gasteiger charge is 2.28. The van der Waals surface area contributed by atoms with Crippen LogP contribution in [0.4, 0.5) is 0 Å². The van der Waals surface area contributed by atoms with Gasteiger partial charge in [0, 0.05) is 13.2 Å². The van der Waals surface area contributed by atoms with Crippen LogP contribution in [0.25, 0.3) is 0 Å². The predicted octanol–water partition coefficient (Wildman–Crippen LogP) is 1.83. The molecule has 0 aromatic heterocycles. The van der Waals surface area contributed by atoms with Crippen molar-refractivity contribution in [2.24, 2.45) is 11.8 Å². The molecule has 0 aliphatic carbocycles. The third kappa shape index (κ3) is 5.50. The van der Waals surface area contributed by atoms with Gasteiger partial charge in [-0.15, -0.1) is 0 Å². The first kappa shape index (κ1) is 16.4. The van der Waals surface area contributed by atoms with Gasteiger partial charge in [0.2, 0.25) is 0 Å². The van der Waals surface area contributed by atoms with Crippen molar-refractivity contribution in [1.29, 1.82) is 0 Å². The fraction of sp³-hybridized carbons (Fsp3) is 0.923. The van der Waals surface area contributed by atoms with Crippen molar-refractivity contribution in [1.82, 2.24) is 5.32 Å². The van der Waals surface area contributed by atoms with Crippen LogP contribution in [-0.2, 0) is 14.3 Å². The lowest BCUT2D eigenvalue weighted by atomic mass is 9.96. The van der Waals surface area contributed by atoms with E-state index in [0.717, 1.165) is 6.42 Å². The maximum Gasteiger partial charge on any atom is 0.323 e. The molecule has 4 heteroatoms. The molecule has 0 aliphatic rings. The quantitative estimate of drug-likeness (QED) is 0.663. The first-order valence-electron chi connectivity index (χ1n) is 6.30. The van der Waals surface area contributed by atoms with E-state index in [1.165, 1.54) is 7.11 Å². The summed E-state index contributed by atoms with van der Waals surface area (Å²) in [5.74, 6) is 0.466. The number of carbonyl (C=O) groups excluding carboxylic acids is 1. The van der Waals surface area contributed by atoms with Gasteiger partial charge in [-0.25, -0.2) is 0 Å². The summed E-state index contributed by atoms with van der Waals surface area (Å²) in [6, 6.07) is -0.0920. The fourth-order valence-electron chi connectivity index (χ4n) is 1.67. The molecule has 17 heavy (non-hydrogen) atoms. The number of nitrogens with one attached hydrogen (secondary N) is 1. The minimum Gasteiger partial charge on any atom is -0.468 e. The van der Waals surface area contributed by atoms with Gasteiger partial charge in [0.25, 0.3) is 0 Å². The third-order valence-electron chi connectivity index (χ3n) is 3.21. The van der Waals surface area contributed by atoms with E-state index in [4.69, 9.17) is 9.47 Å². The van der Waals surface area contributed by atoms with Gasteiger partial charge < -0.3 is 9.47 Å². The van der Waals surface area contributed by atoms with Gasteiger partial charge in [-0.2, -0.15) is 0 Å². The summed E-state index contributed by atoms with van der Waals surface area (Å²) in [5, 5.41) is 3.36. The molecule has 0 aromatic rings. The minimum atomic E-state index is -0.257. The number of methoxy groups -OCH3 is 2. The zero-order valence-electron chi connectivity index (χ0n) is 11.9. The number of carbonyl (C=O) groups is 1. The summed E-state index contributed by atoms with van der Waals surface area (Å²) < 4.78 is 10.0. The van der Waals surface area contributed by atoms with Crippen LogP contribution in [-0.4, -0.2) is 38.9 Å². The lowest BCUT2D eigenvalue weighted by Crippen LogP contribution is -2.51. The smallest absolute Gasteiger partial charge is 0.323 e. The number of ether oxygens (including phenoxy) is 2. The fourth-order valence-corrected chi connectivity index (χ4v) is 1.67. The van der Waals surface area contributed by atoms with Crippen LogP contribution in [0, 0.1) is 11.8 Å². The van der Waals surface area contributed by atoms with E-state index in [-0.39, 0.29) is 24.0 Å². The Bertz CT molecular complexity index is 219. The summed E-state index contributed by atoms with van der Waals surface area (Å²) in [6.07, 6.45) is 0.935. The number of esters is 1. The molecule has 3 atom stereocenters. The van der Waals surface area contributed by atoms with Crippen LogP contribution >= 0.6 is 0 Å². The normalized spacial score (nSPS) is 16.6. The average Bonchev–Trinajstić information content (AvgIpc) is 2.32. The monoisotopic (exact) mass is 245 g/mol. The standard InChI is InChI=1S/C13H27NO3/c1-7-10(4)12(13(15)17-6)14-11(8-16-5)9(2)3/h9-12,14H,7-8H2,1-6H3. The van der Waals surface area contributed by atoms with E-state index >= 15 is 0 Å². The van der Waals surface area contributed by atoms with Gasteiger partial charge in [-0.05, 0) is 11.8 Å². The SMILES string of the molecule is CCC(C)C(NC(COC)C(C)C)C(=O)OC. The Hall–Kier alpha value is -0.610. The van der Waals surface area contributed by atoms with Crippen LogP contribution in [0.2, 0.25) is 0 Å². The molecule has 3 unspecified atom stereocenters. The molecular formula is C13H27NO3. The van der Waals surface area contributed by atoms with Gasteiger partial charge in [0.05, 0.1) is 13.7 Å². The minimum absolute atomic E-state index is 0.165. The summed E-state index contributed by atoms with van der Waals surface area (Å²) >= 11 is 0. The lowest BCUT2D eigenvalue weighted by Gasteiger charge is -2.29. The topological polar surface area (TPSA) is 47.6 Å². The third-order valence-corrected chi connectivity index (χ3v) is 3.21. The molecular weight excluding hydrogens is 218 g/mol. The van der Waals surface area contributed by atoms with Crippen LogP contribution in [0.1, 0.15) is 34.1 Å². The predicted molar refractivity (Wildman–Crippen MR) is 68.9 cm³/mol. The highest BCUT2D eigenvalue weighted by molar-refractivity contribution is 5.76. The van der Waals surface area contributed by atoms with E-state index in [9.17, 15) is 4.79 Å². The van der Waals surface area contributed by atoms with Gasteiger partial charge in [0.1, 0.15) is 6.04 Å². The van der Waals surface area contributed by atoms with Crippen LogP contribution in [0.15, 0.2) is 0 Å².